The Hall–Kier alpha value is -0.830. The number of H-pyrrole nitrogens is 1. The van der Waals surface area contributed by atoms with Crippen LogP contribution in [0, 0.1) is 5.41 Å². The van der Waals surface area contributed by atoms with Crippen LogP contribution in [0.5, 0.6) is 0 Å². The molecule has 3 nitrogen and oxygen atoms in total. The molecule has 0 bridgehead atoms. The van der Waals surface area contributed by atoms with Gasteiger partial charge in [-0.3, -0.25) is 5.10 Å². The summed E-state index contributed by atoms with van der Waals surface area (Å²) in [5, 5.41) is 10.5. The predicted molar refractivity (Wildman–Crippen MR) is 52.6 cm³/mol. The maximum atomic E-state index is 4.01. The van der Waals surface area contributed by atoms with Crippen LogP contribution in [0.1, 0.15) is 31.9 Å². The Balaban J connectivity index is 2.24. The van der Waals surface area contributed by atoms with Gasteiger partial charge in [-0.25, -0.2) is 0 Å². The van der Waals surface area contributed by atoms with E-state index >= 15 is 0 Å². The molecule has 1 saturated heterocycles. The first-order valence-electron chi connectivity index (χ1n) is 4.96. The molecule has 0 aromatic carbocycles. The van der Waals surface area contributed by atoms with E-state index in [1.165, 1.54) is 12.1 Å². The Morgan fingerprint density at radius 3 is 3.15 bits per heavy atom. The lowest BCUT2D eigenvalue weighted by Crippen LogP contribution is -2.24. The number of nitrogens with one attached hydrogen (secondary N) is 2. The van der Waals surface area contributed by atoms with Gasteiger partial charge in [0, 0.05) is 30.9 Å². The highest BCUT2D eigenvalue weighted by atomic mass is 15.1. The van der Waals surface area contributed by atoms with Crippen molar-refractivity contribution in [3.05, 3.63) is 18.0 Å². The van der Waals surface area contributed by atoms with Crippen LogP contribution < -0.4 is 5.32 Å². The molecular formula is C10H17N3. The molecule has 0 radical (unpaired) electrons. The van der Waals surface area contributed by atoms with E-state index in [0.717, 1.165) is 13.1 Å². The molecule has 0 spiro atoms. The van der Waals surface area contributed by atoms with E-state index in [2.05, 4.69) is 35.4 Å². The van der Waals surface area contributed by atoms with Gasteiger partial charge in [-0.1, -0.05) is 13.8 Å². The van der Waals surface area contributed by atoms with Crippen molar-refractivity contribution < 1.29 is 0 Å². The lowest BCUT2D eigenvalue weighted by atomic mass is 9.76. The highest BCUT2D eigenvalue weighted by Gasteiger charge is 2.38. The summed E-state index contributed by atoms with van der Waals surface area (Å²) >= 11 is 0. The average Bonchev–Trinajstić information content (AvgIpc) is 2.73. The van der Waals surface area contributed by atoms with Gasteiger partial charge in [0.05, 0.1) is 0 Å². The van der Waals surface area contributed by atoms with E-state index in [9.17, 15) is 0 Å². The molecule has 13 heavy (non-hydrogen) atoms. The van der Waals surface area contributed by atoms with Crippen LogP contribution in [0.15, 0.2) is 12.3 Å². The monoisotopic (exact) mass is 179 g/mol. The molecule has 1 aliphatic rings. The standard InChI is InChI=1S/C10H17N3/c1-3-10(2)7-11-6-8(10)9-4-5-12-13-9/h4-5,8,11H,3,6-7H2,1-2H3,(H,12,13)/t8-,10+/m1/s1. The van der Waals surface area contributed by atoms with Gasteiger partial charge < -0.3 is 5.32 Å². The van der Waals surface area contributed by atoms with Gasteiger partial charge in [0.15, 0.2) is 0 Å². The van der Waals surface area contributed by atoms with Gasteiger partial charge in [-0.15, -0.1) is 0 Å². The van der Waals surface area contributed by atoms with E-state index in [0.29, 0.717) is 11.3 Å². The number of aromatic amines is 1. The Bertz CT molecular complexity index is 268. The maximum Gasteiger partial charge on any atom is 0.0490 e. The molecular weight excluding hydrogens is 162 g/mol. The molecule has 72 valence electrons. The third-order valence-electron chi connectivity index (χ3n) is 3.42. The van der Waals surface area contributed by atoms with Gasteiger partial charge in [0.25, 0.3) is 0 Å². The fraction of sp³-hybridized carbons (Fsp3) is 0.700. The highest BCUT2D eigenvalue weighted by molar-refractivity contribution is 5.14. The maximum absolute atomic E-state index is 4.01. The van der Waals surface area contributed by atoms with Gasteiger partial charge >= 0.3 is 0 Å². The smallest absolute Gasteiger partial charge is 0.0490 e. The minimum atomic E-state index is 0.395. The Kier molecular flexibility index (Phi) is 2.12. The molecule has 0 amide bonds. The van der Waals surface area contributed by atoms with Crippen LogP contribution in [0.2, 0.25) is 0 Å². The predicted octanol–water partition coefficient (Wildman–Crippen LogP) is 1.51. The van der Waals surface area contributed by atoms with Gasteiger partial charge in [0.1, 0.15) is 0 Å². The van der Waals surface area contributed by atoms with Crippen LogP contribution in [0.4, 0.5) is 0 Å². The van der Waals surface area contributed by atoms with Crippen molar-refractivity contribution in [1.29, 1.82) is 0 Å². The first kappa shape index (κ1) is 8.75. The molecule has 2 heterocycles. The first-order chi connectivity index (χ1) is 6.26. The van der Waals surface area contributed by atoms with Gasteiger partial charge in [-0.05, 0) is 17.9 Å². The van der Waals surface area contributed by atoms with Crippen LogP contribution in [-0.2, 0) is 0 Å². The zero-order chi connectivity index (χ0) is 9.31. The van der Waals surface area contributed by atoms with Crippen molar-refractivity contribution in [1.82, 2.24) is 15.5 Å². The third-order valence-corrected chi connectivity index (χ3v) is 3.42. The normalized spacial score (nSPS) is 33.8. The molecule has 3 heteroatoms. The molecule has 0 saturated carbocycles. The second-order valence-electron chi connectivity index (χ2n) is 4.20. The second-order valence-corrected chi connectivity index (χ2v) is 4.20. The Morgan fingerprint density at radius 2 is 2.54 bits per heavy atom. The molecule has 1 aliphatic heterocycles. The summed E-state index contributed by atoms with van der Waals surface area (Å²) in [6, 6.07) is 2.09. The van der Waals surface area contributed by atoms with Crippen molar-refractivity contribution in [2.45, 2.75) is 26.2 Å². The summed E-state index contributed by atoms with van der Waals surface area (Å²) in [5.41, 5.74) is 1.67. The third kappa shape index (κ3) is 1.37. The van der Waals surface area contributed by atoms with E-state index in [-0.39, 0.29) is 0 Å². The van der Waals surface area contributed by atoms with Crippen LogP contribution >= 0.6 is 0 Å². The van der Waals surface area contributed by atoms with E-state index < -0.39 is 0 Å². The summed E-state index contributed by atoms with van der Waals surface area (Å²) in [6.45, 7) is 6.80. The molecule has 2 rings (SSSR count). The minimum absolute atomic E-state index is 0.395. The quantitative estimate of drug-likeness (QED) is 0.722. The SMILES string of the molecule is CC[C@@]1(C)CNC[C@@H]1c1ccn[nH]1. The largest absolute Gasteiger partial charge is 0.315 e. The molecule has 2 atom stereocenters. The van der Waals surface area contributed by atoms with Gasteiger partial charge in [0.2, 0.25) is 0 Å². The molecule has 0 unspecified atom stereocenters. The summed E-state index contributed by atoms with van der Waals surface area (Å²) in [5.74, 6) is 0.597. The number of rotatable bonds is 2. The molecule has 2 N–H and O–H groups in total. The van der Waals surface area contributed by atoms with Crippen LogP contribution in [0.25, 0.3) is 0 Å². The minimum Gasteiger partial charge on any atom is -0.315 e. The summed E-state index contributed by atoms with van der Waals surface area (Å²) < 4.78 is 0. The lowest BCUT2D eigenvalue weighted by molar-refractivity contribution is 0.304. The second kappa shape index (κ2) is 3.14. The molecule has 1 aromatic heterocycles. The Morgan fingerprint density at radius 1 is 1.69 bits per heavy atom. The fourth-order valence-corrected chi connectivity index (χ4v) is 2.19. The zero-order valence-corrected chi connectivity index (χ0v) is 8.30. The topological polar surface area (TPSA) is 40.7 Å². The lowest BCUT2D eigenvalue weighted by Gasteiger charge is -2.28. The average molecular weight is 179 g/mol. The van der Waals surface area contributed by atoms with E-state index in [1.54, 1.807) is 0 Å². The van der Waals surface area contributed by atoms with Crippen molar-refractivity contribution in [3.63, 3.8) is 0 Å². The molecule has 1 fully saturated rings. The van der Waals surface area contributed by atoms with Crippen LogP contribution in [0.3, 0.4) is 0 Å². The number of aromatic nitrogens is 2. The van der Waals surface area contributed by atoms with Crippen molar-refractivity contribution >= 4 is 0 Å². The number of nitrogens with zero attached hydrogens (tertiary/aromatic N) is 1. The van der Waals surface area contributed by atoms with Gasteiger partial charge in [-0.2, -0.15) is 5.10 Å². The first-order valence-corrected chi connectivity index (χ1v) is 4.96. The Labute approximate surface area is 78.9 Å². The fourth-order valence-electron chi connectivity index (χ4n) is 2.19. The molecule has 0 aliphatic carbocycles. The highest BCUT2D eigenvalue weighted by Crippen LogP contribution is 2.40. The summed E-state index contributed by atoms with van der Waals surface area (Å²) in [6.07, 6.45) is 3.05. The summed E-state index contributed by atoms with van der Waals surface area (Å²) in [7, 11) is 0. The van der Waals surface area contributed by atoms with Crippen molar-refractivity contribution in [2.75, 3.05) is 13.1 Å². The van der Waals surface area contributed by atoms with E-state index in [1.807, 2.05) is 6.20 Å². The number of hydrogen-bond donors (Lipinski definition) is 2. The number of hydrogen-bond acceptors (Lipinski definition) is 2. The van der Waals surface area contributed by atoms with E-state index in [4.69, 9.17) is 0 Å². The summed E-state index contributed by atoms with van der Waals surface area (Å²) in [4.78, 5) is 0. The van der Waals surface area contributed by atoms with Crippen molar-refractivity contribution in [3.8, 4) is 0 Å². The molecule has 1 aromatic rings. The zero-order valence-electron chi connectivity index (χ0n) is 8.30. The van der Waals surface area contributed by atoms with Crippen molar-refractivity contribution in [2.24, 2.45) is 5.41 Å². The van der Waals surface area contributed by atoms with Crippen LogP contribution in [-0.4, -0.2) is 23.3 Å².